The predicted octanol–water partition coefficient (Wildman–Crippen LogP) is 0.960. The van der Waals surface area contributed by atoms with Crippen LogP contribution >= 0.6 is 15.9 Å². The fourth-order valence-corrected chi connectivity index (χ4v) is 2.87. The van der Waals surface area contributed by atoms with Crippen molar-refractivity contribution < 1.29 is 4.79 Å². The molecule has 1 saturated heterocycles. The Bertz CT molecular complexity index is 635. The summed E-state index contributed by atoms with van der Waals surface area (Å²) in [6, 6.07) is 5.74. The smallest absolute Gasteiger partial charge is 0.272 e. The fraction of sp³-hybridized carbons (Fsp3) is 0.429. The molecule has 3 rings (SSSR count). The summed E-state index contributed by atoms with van der Waals surface area (Å²) in [5.74, 6) is -0.130. The molecule has 0 spiro atoms. The summed E-state index contributed by atoms with van der Waals surface area (Å²) in [5.41, 5.74) is 1.32. The quantitative estimate of drug-likeness (QED) is 0.767. The van der Waals surface area contributed by atoms with Gasteiger partial charge in [0.15, 0.2) is 5.69 Å². The molecular weight excluding hydrogens is 334 g/mol. The van der Waals surface area contributed by atoms with E-state index >= 15 is 0 Å². The monoisotopic (exact) mass is 351 g/mol. The van der Waals surface area contributed by atoms with E-state index in [1.165, 1.54) is 0 Å². The van der Waals surface area contributed by atoms with Crippen molar-refractivity contribution in [3.8, 4) is 0 Å². The highest BCUT2D eigenvalue weighted by Crippen LogP contribution is 2.20. The summed E-state index contributed by atoms with van der Waals surface area (Å²) in [6.45, 7) is 5.63. The Kier molecular flexibility index (Phi) is 4.52. The van der Waals surface area contributed by atoms with Crippen LogP contribution in [0.25, 0.3) is 10.9 Å². The van der Waals surface area contributed by atoms with Gasteiger partial charge in [-0.1, -0.05) is 15.9 Å². The van der Waals surface area contributed by atoms with Crippen LogP contribution < -0.4 is 10.6 Å². The zero-order chi connectivity index (χ0) is 14.7. The average Bonchev–Trinajstić information content (AvgIpc) is 2.91. The molecule has 0 bridgehead atoms. The van der Waals surface area contributed by atoms with Crippen LogP contribution in [0.15, 0.2) is 22.7 Å². The summed E-state index contributed by atoms with van der Waals surface area (Å²) < 4.78 is 0.936. The third-order valence-corrected chi connectivity index (χ3v) is 4.16. The molecule has 7 heteroatoms. The molecule has 0 unspecified atom stereocenters. The first-order chi connectivity index (χ1) is 10.2. The average molecular weight is 352 g/mol. The van der Waals surface area contributed by atoms with Crippen molar-refractivity contribution in [1.29, 1.82) is 0 Å². The summed E-state index contributed by atoms with van der Waals surface area (Å²) in [7, 11) is 0. The second kappa shape index (κ2) is 6.55. The Balaban J connectivity index is 1.60. The Hall–Kier alpha value is -1.44. The Morgan fingerprint density at radius 3 is 3.00 bits per heavy atom. The van der Waals surface area contributed by atoms with E-state index in [1.54, 1.807) is 0 Å². The minimum absolute atomic E-state index is 0.130. The van der Waals surface area contributed by atoms with Gasteiger partial charge >= 0.3 is 0 Å². The number of hydrogen-bond acceptors (Lipinski definition) is 4. The summed E-state index contributed by atoms with van der Waals surface area (Å²) in [5, 5.41) is 14.1. The Morgan fingerprint density at radius 2 is 2.19 bits per heavy atom. The number of nitrogens with zero attached hydrogens (tertiary/aromatic N) is 2. The number of H-pyrrole nitrogens is 1. The van der Waals surface area contributed by atoms with Gasteiger partial charge in [-0.15, -0.1) is 0 Å². The second-order valence-corrected chi connectivity index (χ2v) is 6.03. The van der Waals surface area contributed by atoms with Gasteiger partial charge in [0.25, 0.3) is 5.91 Å². The van der Waals surface area contributed by atoms with Gasteiger partial charge in [-0.25, -0.2) is 0 Å². The van der Waals surface area contributed by atoms with Gasteiger partial charge in [-0.3, -0.25) is 14.8 Å². The topological polar surface area (TPSA) is 73.1 Å². The van der Waals surface area contributed by atoms with Crippen LogP contribution in [0.1, 0.15) is 10.5 Å². The normalized spacial score (nSPS) is 16.2. The van der Waals surface area contributed by atoms with Gasteiger partial charge in [0.05, 0.1) is 5.52 Å². The molecule has 2 heterocycles. The molecular formula is C14H18BrN5O. The van der Waals surface area contributed by atoms with Gasteiger partial charge in [0, 0.05) is 49.1 Å². The number of rotatable bonds is 4. The van der Waals surface area contributed by atoms with Crippen LogP contribution in [0.5, 0.6) is 0 Å². The number of carbonyl (C=O) groups excluding carboxylic acids is 1. The lowest BCUT2D eigenvalue weighted by Crippen LogP contribution is -2.46. The summed E-state index contributed by atoms with van der Waals surface area (Å²) in [4.78, 5) is 14.6. The number of amides is 1. The SMILES string of the molecule is O=C(NCCN1CCNCC1)c1n[nH]c2ccc(Br)cc12. The molecule has 1 fully saturated rings. The van der Waals surface area contributed by atoms with Crippen LogP contribution in [0, 0.1) is 0 Å². The first kappa shape index (κ1) is 14.5. The largest absolute Gasteiger partial charge is 0.349 e. The zero-order valence-electron chi connectivity index (χ0n) is 11.7. The van der Waals surface area contributed by atoms with Gasteiger partial charge in [0.2, 0.25) is 0 Å². The van der Waals surface area contributed by atoms with Crippen molar-refractivity contribution in [1.82, 2.24) is 25.7 Å². The number of nitrogens with one attached hydrogen (secondary N) is 3. The molecule has 6 nitrogen and oxygen atoms in total. The van der Waals surface area contributed by atoms with E-state index in [1.807, 2.05) is 18.2 Å². The maximum absolute atomic E-state index is 12.2. The molecule has 1 aliphatic heterocycles. The molecule has 21 heavy (non-hydrogen) atoms. The first-order valence-corrected chi connectivity index (χ1v) is 7.88. The van der Waals surface area contributed by atoms with Crippen LogP contribution in [0.2, 0.25) is 0 Å². The molecule has 2 aromatic rings. The Labute approximate surface area is 131 Å². The van der Waals surface area contributed by atoms with E-state index in [2.05, 4.69) is 41.7 Å². The molecule has 1 amide bonds. The molecule has 3 N–H and O–H groups in total. The lowest BCUT2D eigenvalue weighted by Gasteiger charge is -2.26. The first-order valence-electron chi connectivity index (χ1n) is 7.09. The minimum Gasteiger partial charge on any atom is -0.349 e. The van der Waals surface area contributed by atoms with Crippen molar-refractivity contribution in [2.75, 3.05) is 39.3 Å². The van der Waals surface area contributed by atoms with Crippen molar-refractivity contribution in [2.24, 2.45) is 0 Å². The summed E-state index contributed by atoms with van der Waals surface area (Å²) >= 11 is 3.42. The number of carbonyl (C=O) groups is 1. The minimum atomic E-state index is -0.130. The molecule has 112 valence electrons. The highest BCUT2D eigenvalue weighted by Gasteiger charge is 2.15. The van der Waals surface area contributed by atoms with E-state index in [0.717, 1.165) is 48.1 Å². The standard InChI is InChI=1S/C14H18BrN5O/c15-10-1-2-12-11(9-10)13(19-18-12)14(21)17-5-8-20-6-3-16-4-7-20/h1-2,9,16H,3-8H2,(H,17,21)(H,18,19). The lowest BCUT2D eigenvalue weighted by atomic mass is 10.2. The Morgan fingerprint density at radius 1 is 1.38 bits per heavy atom. The van der Waals surface area contributed by atoms with E-state index in [4.69, 9.17) is 0 Å². The summed E-state index contributed by atoms with van der Waals surface area (Å²) in [6.07, 6.45) is 0. The number of hydrogen-bond donors (Lipinski definition) is 3. The van der Waals surface area contributed by atoms with E-state index in [9.17, 15) is 4.79 Å². The highest BCUT2D eigenvalue weighted by molar-refractivity contribution is 9.10. The van der Waals surface area contributed by atoms with Crippen LogP contribution in [0.4, 0.5) is 0 Å². The van der Waals surface area contributed by atoms with E-state index in [0.29, 0.717) is 12.2 Å². The number of piperazine rings is 1. The molecule has 1 aromatic heterocycles. The van der Waals surface area contributed by atoms with Gasteiger partial charge < -0.3 is 10.6 Å². The lowest BCUT2D eigenvalue weighted by molar-refractivity contribution is 0.0944. The highest BCUT2D eigenvalue weighted by atomic mass is 79.9. The molecule has 0 atom stereocenters. The van der Waals surface area contributed by atoms with Crippen molar-refractivity contribution >= 4 is 32.7 Å². The van der Waals surface area contributed by atoms with Crippen molar-refractivity contribution in [3.05, 3.63) is 28.4 Å². The van der Waals surface area contributed by atoms with Gasteiger partial charge in [-0.05, 0) is 18.2 Å². The maximum atomic E-state index is 12.2. The number of fused-ring (bicyclic) bond motifs is 1. The molecule has 1 aliphatic rings. The van der Waals surface area contributed by atoms with E-state index in [-0.39, 0.29) is 5.91 Å². The predicted molar refractivity (Wildman–Crippen MR) is 85.4 cm³/mol. The van der Waals surface area contributed by atoms with E-state index < -0.39 is 0 Å². The molecule has 0 saturated carbocycles. The van der Waals surface area contributed by atoms with Gasteiger partial charge in [0.1, 0.15) is 0 Å². The van der Waals surface area contributed by atoms with Crippen molar-refractivity contribution in [2.45, 2.75) is 0 Å². The van der Waals surface area contributed by atoms with Crippen LogP contribution in [-0.4, -0.2) is 60.3 Å². The fourth-order valence-electron chi connectivity index (χ4n) is 2.51. The number of aromatic nitrogens is 2. The zero-order valence-corrected chi connectivity index (χ0v) is 13.2. The molecule has 0 radical (unpaired) electrons. The van der Waals surface area contributed by atoms with Crippen molar-refractivity contribution in [3.63, 3.8) is 0 Å². The third-order valence-electron chi connectivity index (χ3n) is 3.66. The van der Waals surface area contributed by atoms with Crippen LogP contribution in [0.3, 0.4) is 0 Å². The molecule has 0 aliphatic carbocycles. The number of benzene rings is 1. The second-order valence-electron chi connectivity index (χ2n) is 5.11. The molecule has 1 aromatic carbocycles. The van der Waals surface area contributed by atoms with Gasteiger partial charge in [-0.2, -0.15) is 5.10 Å². The van der Waals surface area contributed by atoms with Crippen LogP contribution in [-0.2, 0) is 0 Å². The maximum Gasteiger partial charge on any atom is 0.272 e. The third kappa shape index (κ3) is 3.42. The number of halogens is 1. The number of aromatic amines is 1.